The van der Waals surface area contributed by atoms with Crippen LogP contribution in [0.5, 0.6) is 0 Å². The maximum absolute atomic E-state index is 12.7. The first-order valence-corrected chi connectivity index (χ1v) is 11.4. The number of rotatable bonds is 6. The highest BCUT2D eigenvalue weighted by Crippen LogP contribution is 2.23. The van der Waals surface area contributed by atoms with Gasteiger partial charge >= 0.3 is 0 Å². The smallest absolute Gasteiger partial charge is 0.281 e. The number of thiophene rings is 1. The van der Waals surface area contributed by atoms with Crippen LogP contribution in [0.1, 0.15) is 37.0 Å². The molecule has 140 valence electrons. The predicted octanol–water partition coefficient (Wildman–Crippen LogP) is 1.85. The molecule has 1 aromatic rings. The summed E-state index contributed by atoms with van der Waals surface area (Å²) >= 11 is 1.70. The van der Waals surface area contributed by atoms with Crippen LogP contribution in [0.2, 0.25) is 0 Å². The summed E-state index contributed by atoms with van der Waals surface area (Å²) < 4.78 is 28.5. The van der Waals surface area contributed by atoms with E-state index in [1.165, 1.54) is 4.88 Å². The molecule has 1 N–H and O–H groups in total. The number of piperidine rings is 2. The monoisotopic (exact) mass is 385 g/mol. The topological polar surface area (TPSA) is 69.7 Å². The van der Waals surface area contributed by atoms with Crippen LogP contribution >= 0.6 is 11.3 Å². The number of hydrogen-bond acceptors (Lipinski definition) is 4. The number of amides is 1. The molecule has 0 aromatic carbocycles. The lowest BCUT2D eigenvalue weighted by molar-refractivity contribution is -0.126. The maximum atomic E-state index is 12.7. The van der Waals surface area contributed by atoms with Crippen LogP contribution in [0, 0.1) is 5.92 Å². The van der Waals surface area contributed by atoms with Crippen molar-refractivity contribution in [3.63, 3.8) is 0 Å². The minimum Gasteiger partial charge on any atom is -0.355 e. The molecule has 8 heteroatoms. The predicted molar refractivity (Wildman–Crippen MR) is 99.7 cm³/mol. The van der Waals surface area contributed by atoms with Gasteiger partial charge in [0.05, 0.1) is 0 Å². The minimum absolute atomic E-state index is 0.0616. The summed E-state index contributed by atoms with van der Waals surface area (Å²) in [5, 5.41) is 5.03. The van der Waals surface area contributed by atoms with Gasteiger partial charge in [-0.3, -0.25) is 4.79 Å². The Morgan fingerprint density at radius 3 is 2.44 bits per heavy atom. The van der Waals surface area contributed by atoms with E-state index in [1.54, 1.807) is 19.9 Å². The third-order valence-corrected chi connectivity index (χ3v) is 8.01. The van der Waals surface area contributed by atoms with E-state index < -0.39 is 10.2 Å². The molecule has 3 rings (SSSR count). The van der Waals surface area contributed by atoms with E-state index >= 15 is 0 Å². The van der Waals surface area contributed by atoms with Crippen molar-refractivity contribution in [1.82, 2.24) is 13.9 Å². The molecular formula is C17H27N3O3S2. The molecule has 0 spiro atoms. The van der Waals surface area contributed by atoms with Crippen molar-refractivity contribution in [1.29, 1.82) is 0 Å². The molecule has 0 aliphatic carbocycles. The van der Waals surface area contributed by atoms with Gasteiger partial charge in [-0.25, -0.2) is 0 Å². The van der Waals surface area contributed by atoms with E-state index in [1.807, 2.05) is 11.4 Å². The Kier molecular flexibility index (Phi) is 6.49. The molecule has 0 atom stereocenters. The van der Waals surface area contributed by atoms with Crippen molar-refractivity contribution in [3.8, 4) is 0 Å². The van der Waals surface area contributed by atoms with Gasteiger partial charge in [0, 0.05) is 43.5 Å². The van der Waals surface area contributed by atoms with Crippen molar-refractivity contribution in [2.24, 2.45) is 5.92 Å². The number of carbonyl (C=O) groups is 1. The van der Waals surface area contributed by atoms with Crippen molar-refractivity contribution in [2.45, 2.75) is 38.5 Å². The summed E-state index contributed by atoms with van der Waals surface area (Å²) in [6.07, 6.45) is 5.08. The van der Waals surface area contributed by atoms with Crippen molar-refractivity contribution < 1.29 is 13.2 Å². The molecule has 0 radical (unpaired) electrons. The quantitative estimate of drug-likeness (QED) is 0.812. The van der Waals surface area contributed by atoms with Crippen molar-refractivity contribution in [3.05, 3.63) is 22.4 Å². The molecule has 2 fully saturated rings. The lowest BCUT2D eigenvalue weighted by Gasteiger charge is -2.35. The first-order chi connectivity index (χ1) is 12.1. The van der Waals surface area contributed by atoms with Gasteiger partial charge in [0.1, 0.15) is 0 Å². The Morgan fingerprint density at radius 2 is 1.80 bits per heavy atom. The van der Waals surface area contributed by atoms with Gasteiger partial charge < -0.3 is 5.32 Å². The zero-order valence-electron chi connectivity index (χ0n) is 14.5. The molecule has 2 aliphatic rings. The third-order valence-electron chi connectivity index (χ3n) is 5.04. The number of nitrogens with zero attached hydrogens (tertiary/aromatic N) is 2. The van der Waals surface area contributed by atoms with Crippen molar-refractivity contribution >= 4 is 27.5 Å². The first-order valence-electron chi connectivity index (χ1n) is 9.12. The molecule has 3 heterocycles. The lowest BCUT2D eigenvalue weighted by Crippen LogP contribution is -2.50. The summed E-state index contributed by atoms with van der Waals surface area (Å²) in [5.41, 5.74) is 0. The van der Waals surface area contributed by atoms with E-state index in [4.69, 9.17) is 0 Å². The molecule has 1 aromatic heterocycles. The summed E-state index contributed by atoms with van der Waals surface area (Å²) in [7, 11) is -3.34. The second kappa shape index (κ2) is 8.62. The molecule has 6 nitrogen and oxygen atoms in total. The molecule has 0 saturated carbocycles. The molecular weight excluding hydrogens is 358 g/mol. The van der Waals surface area contributed by atoms with Gasteiger partial charge in [-0.15, -0.1) is 11.3 Å². The van der Waals surface area contributed by atoms with Gasteiger partial charge in [0.25, 0.3) is 10.2 Å². The van der Waals surface area contributed by atoms with E-state index in [9.17, 15) is 13.2 Å². The maximum Gasteiger partial charge on any atom is 0.281 e. The number of carbonyl (C=O) groups excluding carboxylic acids is 1. The summed E-state index contributed by atoms with van der Waals surface area (Å²) in [6, 6.07) is 4.08. The SMILES string of the molecule is O=C(NCCc1cccs1)C1CCN(S(=O)(=O)N2CCCCC2)CC1. The molecule has 2 saturated heterocycles. The summed E-state index contributed by atoms with van der Waals surface area (Å²) in [6.45, 7) is 2.80. The minimum atomic E-state index is -3.34. The van der Waals surface area contributed by atoms with E-state index in [0.717, 1.165) is 25.7 Å². The number of hydrogen-bond donors (Lipinski definition) is 1. The molecule has 2 aliphatic heterocycles. The third kappa shape index (κ3) is 4.81. The largest absolute Gasteiger partial charge is 0.355 e. The van der Waals surface area contributed by atoms with E-state index in [0.29, 0.717) is 45.6 Å². The average Bonchev–Trinajstić information content (AvgIpc) is 3.16. The average molecular weight is 386 g/mol. The fraction of sp³-hybridized carbons (Fsp3) is 0.706. The Balaban J connectivity index is 1.43. The second-order valence-corrected chi connectivity index (χ2v) is 9.72. The first kappa shape index (κ1) is 18.8. The lowest BCUT2D eigenvalue weighted by atomic mass is 9.97. The van der Waals surface area contributed by atoms with Crippen molar-refractivity contribution in [2.75, 3.05) is 32.7 Å². The normalized spacial score (nSPS) is 21.3. The van der Waals surface area contributed by atoms with E-state index in [2.05, 4.69) is 11.4 Å². The Morgan fingerprint density at radius 1 is 1.12 bits per heavy atom. The van der Waals surface area contributed by atoms with Crippen LogP contribution in [-0.2, 0) is 21.4 Å². The Bertz CT molecular complexity index is 647. The summed E-state index contributed by atoms with van der Waals surface area (Å²) in [5.74, 6) is -0.0114. The van der Waals surface area contributed by atoms with Crippen LogP contribution in [0.3, 0.4) is 0 Å². The fourth-order valence-electron chi connectivity index (χ4n) is 3.52. The molecule has 0 unspecified atom stereocenters. The standard InChI is InChI=1S/C17H27N3O3S2/c21-17(18-9-6-16-5-4-14-24-16)15-7-12-20(13-8-15)25(22,23)19-10-2-1-3-11-19/h4-5,14-15H,1-3,6-13H2,(H,18,21). The van der Waals surface area contributed by atoms with Gasteiger partial charge in [0.2, 0.25) is 5.91 Å². The van der Waals surface area contributed by atoms with Gasteiger partial charge in [-0.2, -0.15) is 17.0 Å². The van der Waals surface area contributed by atoms with Crippen LogP contribution in [0.15, 0.2) is 17.5 Å². The highest BCUT2D eigenvalue weighted by atomic mass is 32.2. The van der Waals surface area contributed by atoms with E-state index in [-0.39, 0.29) is 11.8 Å². The van der Waals surface area contributed by atoms with Crippen LogP contribution in [-0.4, -0.2) is 55.7 Å². The number of nitrogens with one attached hydrogen (secondary N) is 1. The highest BCUT2D eigenvalue weighted by molar-refractivity contribution is 7.86. The van der Waals surface area contributed by atoms with Gasteiger partial charge in [0.15, 0.2) is 0 Å². The fourth-order valence-corrected chi connectivity index (χ4v) is 5.94. The van der Waals surface area contributed by atoms with Crippen LogP contribution in [0.25, 0.3) is 0 Å². The van der Waals surface area contributed by atoms with Crippen LogP contribution < -0.4 is 5.32 Å². The molecule has 1 amide bonds. The Labute approximate surface area is 154 Å². The zero-order valence-corrected chi connectivity index (χ0v) is 16.2. The summed E-state index contributed by atoms with van der Waals surface area (Å²) in [4.78, 5) is 13.6. The zero-order chi connectivity index (χ0) is 17.7. The molecule has 0 bridgehead atoms. The molecule has 25 heavy (non-hydrogen) atoms. The Hall–Kier alpha value is -0.960. The van der Waals surface area contributed by atoms with Gasteiger partial charge in [-0.05, 0) is 43.6 Å². The van der Waals surface area contributed by atoms with Crippen LogP contribution in [0.4, 0.5) is 0 Å². The highest BCUT2D eigenvalue weighted by Gasteiger charge is 2.35. The second-order valence-electron chi connectivity index (χ2n) is 6.76. The van der Waals surface area contributed by atoms with Gasteiger partial charge in [-0.1, -0.05) is 12.5 Å².